The summed E-state index contributed by atoms with van der Waals surface area (Å²) in [7, 11) is 0. The van der Waals surface area contributed by atoms with Crippen LogP contribution in [0.5, 0.6) is 5.75 Å². The molecule has 0 unspecified atom stereocenters. The Bertz CT molecular complexity index is 1290. The van der Waals surface area contributed by atoms with Gasteiger partial charge in [-0.05, 0) is 60.4 Å². The second-order valence-electron chi connectivity index (χ2n) is 12.1. The first-order chi connectivity index (χ1) is 16.9. The van der Waals surface area contributed by atoms with Crippen LogP contribution in [0.15, 0.2) is 71.1 Å². The minimum absolute atomic E-state index is 0.0953. The van der Waals surface area contributed by atoms with E-state index < -0.39 is 11.9 Å². The maximum absolute atomic E-state index is 13.4. The number of carbonyl (C=O) groups is 3. The van der Waals surface area contributed by atoms with Gasteiger partial charge in [-0.2, -0.15) is 0 Å². The average molecular weight is 484 g/mol. The molecule has 1 aliphatic heterocycles. The number of allylic oxidation sites excluding steroid dienone is 4. The first-order valence-corrected chi connectivity index (χ1v) is 12.6. The van der Waals surface area contributed by atoms with Crippen molar-refractivity contribution in [1.82, 2.24) is 5.32 Å². The lowest BCUT2D eigenvalue weighted by Crippen LogP contribution is -2.42. The van der Waals surface area contributed by atoms with E-state index in [9.17, 15) is 14.4 Å². The zero-order chi connectivity index (χ0) is 25.8. The molecule has 36 heavy (non-hydrogen) atoms. The third-order valence-electron chi connectivity index (χ3n) is 7.40. The van der Waals surface area contributed by atoms with Crippen LogP contribution in [0.3, 0.4) is 0 Å². The maximum atomic E-state index is 13.4. The predicted octanol–water partition coefficient (Wildman–Crippen LogP) is 6.19. The van der Waals surface area contributed by atoms with Crippen LogP contribution >= 0.6 is 0 Å². The number of esters is 1. The fraction of sp³-hybridized carbons (Fsp3) is 0.387. The van der Waals surface area contributed by atoms with Gasteiger partial charge in [0.2, 0.25) is 0 Å². The van der Waals surface area contributed by atoms with E-state index in [2.05, 4.69) is 33.0 Å². The zero-order valence-electron chi connectivity index (χ0n) is 21.7. The predicted molar refractivity (Wildman–Crippen MR) is 139 cm³/mol. The van der Waals surface area contributed by atoms with E-state index >= 15 is 0 Å². The van der Waals surface area contributed by atoms with Crippen molar-refractivity contribution in [2.45, 2.75) is 66.2 Å². The van der Waals surface area contributed by atoms with Gasteiger partial charge in [-0.3, -0.25) is 9.59 Å². The first kappa shape index (κ1) is 24.2. The molecule has 2 aromatic rings. The summed E-state index contributed by atoms with van der Waals surface area (Å²) in [5.74, 6) is -0.201. The number of hydrogen-bond donors (Lipinski definition) is 1. The SMILES string of the molecule is Cc1cccc(C(=O)Oc2ccc(C3C4=C(CC(C)(C)CC4=O)NC4=C3C(=O)CC(C)(C)C4)cc2)c1. The summed E-state index contributed by atoms with van der Waals surface area (Å²) in [4.78, 5) is 39.5. The zero-order valence-corrected chi connectivity index (χ0v) is 21.7. The van der Waals surface area contributed by atoms with Gasteiger partial charge in [0.15, 0.2) is 11.6 Å². The first-order valence-electron chi connectivity index (χ1n) is 12.6. The number of Topliss-reactive ketones (excluding diaryl/α,β-unsaturated/α-hetero) is 2. The summed E-state index contributed by atoms with van der Waals surface area (Å²) in [6.45, 7) is 10.4. The molecule has 3 aliphatic rings. The largest absolute Gasteiger partial charge is 0.423 e. The number of ketones is 2. The fourth-order valence-corrected chi connectivity index (χ4v) is 5.89. The molecule has 1 heterocycles. The van der Waals surface area contributed by atoms with Gasteiger partial charge in [0, 0.05) is 41.3 Å². The molecule has 186 valence electrons. The van der Waals surface area contributed by atoms with Crippen LogP contribution in [0.1, 0.15) is 80.8 Å². The van der Waals surface area contributed by atoms with Gasteiger partial charge < -0.3 is 10.1 Å². The van der Waals surface area contributed by atoms with Gasteiger partial charge in [-0.15, -0.1) is 0 Å². The van der Waals surface area contributed by atoms with Crippen molar-refractivity contribution in [3.05, 3.63) is 87.8 Å². The lowest BCUT2D eigenvalue weighted by molar-refractivity contribution is -0.119. The molecule has 5 nitrogen and oxygen atoms in total. The minimum atomic E-state index is -0.419. The van der Waals surface area contributed by atoms with Crippen molar-refractivity contribution in [3.63, 3.8) is 0 Å². The third-order valence-corrected chi connectivity index (χ3v) is 7.40. The fourth-order valence-electron chi connectivity index (χ4n) is 5.89. The number of hydrogen-bond acceptors (Lipinski definition) is 5. The monoisotopic (exact) mass is 483 g/mol. The van der Waals surface area contributed by atoms with Gasteiger partial charge >= 0.3 is 5.97 Å². The van der Waals surface area contributed by atoms with Crippen LogP contribution in [0, 0.1) is 17.8 Å². The van der Waals surface area contributed by atoms with Crippen LogP contribution < -0.4 is 10.1 Å². The van der Waals surface area contributed by atoms with Crippen LogP contribution in [0.25, 0.3) is 0 Å². The summed E-state index contributed by atoms with van der Waals surface area (Å²) in [6, 6.07) is 14.5. The lowest BCUT2D eigenvalue weighted by atomic mass is 9.64. The van der Waals surface area contributed by atoms with Crippen molar-refractivity contribution in [2.24, 2.45) is 10.8 Å². The van der Waals surface area contributed by atoms with Crippen LogP contribution in [-0.2, 0) is 9.59 Å². The van der Waals surface area contributed by atoms with Crippen molar-refractivity contribution in [1.29, 1.82) is 0 Å². The second kappa shape index (κ2) is 8.58. The average Bonchev–Trinajstić information content (AvgIpc) is 2.76. The molecule has 2 aliphatic carbocycles. The smallest absolute Gasteiger partial charge is 0.343 e. The Kier molecular flexibility index (Phi) is 5.77. The number of carbonyl (C=O) groups excluding carboxylic acids is 3. The Hall–Kier alpha value is -3.47. The van der Waals surface area contributed by atoms with Gasteiger partial charge in [-0.1, -0.05) is 57.5 Å². The highest BCUT2D eigenvalue weighted by atomic mass is 16.5. The van der Waals surface area contributed by atoms with E-state index in [1.807, 2.05) is 31.2 Å². The Labute approximate surface area is 212 Å². The van der Waals surface area contributed by atoms with Crippen LogP contribution in [0.4, 0.5) is 0 Å². The van der Waals surface area contributed by atoms with Crippen molar-refractivity contribution < 1.29 is 19.1 Å². The third kappa shape index (κ3) is 4.55. The molecule has 0 saturated carbocycles. The topological polar surface area (TPSA) is 72.5 Å². The summed E-state index contributed by atoms with van der Waals surface area (Å²) in [5.41, 5.74) is 5.40. The minimum Gasteiger partial charge on any atom is -0.423 e. The Morgan fingerprint density at radius 3 is 1.92 bits per heavy atom. The number of ether oxygens (including phenoxy) is 1. The molecule has 0 atom stereocenters. The quantitative estimate of drug-likeness (QED) is 0.416. The van der Waals surface area contributed by atoms with Gasteiger partial charge in [0.25, 0.3) is 0 Å². The highest BCUT2D eigenvalue weighted by Gasteiger charge is 2.46. The standard InChI is InChI=1S/C31H33NO4/c1-18-7-6-8-20(13-18)29(35)36-21-11-9-19(10-12-21)26-27-22(14-30(2,3)16-24(27)33)32-23-15-31(4,5)17-25(34)28(23)26/h6-13,26,32H,14-17H2,1-5H3. The summed E-state index contributed by atoms with van der Waals surface area (Å²) in [5, 5.41) is 3.54. The normalized spacial score (nSPS) is 21.0. The van der Waals surface area contributed by atoms with Crippen LogP contribution in [0.2, 0.25) is 0 Å². The van der Waals surface area contributed by atoms with E-state index in [0.29, 0.717) is 35.3 Å². The molecule has 2 aromatic carbocycles. The highest BCUT2D eigenvalue weighted by molar-refractivity contribution is 6.06. The lowest BCUT2D eigenvalue weighted by Gasteiger charge is -2.44. The molecule has 0 aromatic heterocycles. The molecule has 0 radical (unpaired) electrons. The molecule has 0 saturated heterocycles. The summed E-state index contributed by atoms with van der Waals surface area (Å²) >= 11 is 0. The van der Waals surface area contributed by atoms with Gasteiger partial charge in [0.05, 0.1) is 5.56 Å². The van der Waals surface area contributed by atoms with Crippen molar-refractivity contribution >= 4 is 17.5 Å². The molecule has 5 heteroatoms. The van der Waals surface area contributed by atoms with Crippen molar-refractivity contribution in [3.8, 4) is 5.75 Å². The molecule has 0 amide bonds. The number of nitrogens with one attached hydrogen (secondary N) is 1. The van der Waals surface area contributed by atoms with Crippen LogP contribution in [-0.4, -0.2) is 17.5 Å². The summed E-state index contributed by atoms with van der Waals surface area (Å²) in [6.07, 6.45) is 2.45. The number of aryl methyl sites for hydroxylation is 1. The van der Waals surface area contributed by atoms with E-state index in [-0.39, 0.29) is 22.4 Å². The van der Waals surface area contributed by atoms with E-state index in [1.54, 1.807) is 24.3 Å². The van der Waals surface area contributed by atoms with Gasteiger partial charge in [0.1, 0.15) is 5.75 Å². The Morgan fingerprint density at radius 1 is 0.833 bits per heavy atom. The number of rotatable bonds is 3. The highest BCUT2D eigenvalue weighted by Crippen LogP contribution is 2.51. The Morgan fingerprint density at radius 2 is 1.39 bits per heavy atom. The van der Waals surface area contributed by atoms with Crippen molar-refractivity contribution in [2.75, 3.05) is 0 Å². The molecule has 0 fully saturated rings. The molecular formula is C31H33NO4. The second-order valence-corrected chi connectivity index (χ2v) is 12.1. The number of benzene rings is 2. The molecular weight excluding hydrogens is 450 g/mol. The van der Waals surface area contributed by atoms with E-state index in [0.717, 1.165) is 35.4 Å². The van der Waals surface area contributed by atoms with E-state index in [1.165, 1.54) is 0 Å². The Balaban J connectivity index is 1.51. The van der Waals surface area contributed by atoms with E-state index in [4.69, 9.17) is 4.74 Å². The summed E-state index contributed by atoms with van der Waals surface area (Å²) < 4.78 is 5.60. The molecule has 5 rings (SSSR count). The molecule has 1 N–H and O–H groups in total. The molecule has 0 spiro atoms. The number of dihydropyridines is 1. The maximum Gasteiger partial charge on any atom is 0.343 e. The molecule has 0 bridgehead atoms. The van der Waals surface area contributed by atoms with Gasteiger partial charge in [-0.25, -0.2) is 4.79 Å².